The average molecular weight is 434 g/mol. The van der Waals surface area contributed by atoms with Gasteiger partial charge in [0.1, 0.15) is 23.1 Å². The number of imidazole rings is 1. The van der Waals surface area contributed by atoms with Gasteiger partial charge in [0.05, 0.1) is 11.3 Å². The predicted octanol–water partition coefficient (Wildman–Crippen LogP) is 7.43. The molecule has 0 saturated heterocycles. The lowest BCUT2D eigenvalue weighted by molar-refractivity contribution is 0.589. The number of thiazole rings is 1. The first kappa shape index (κ1) is 19.7. The SMILES string of the molecule is Cc1cccc(C)c1Nc1c(-c2c(F)cccc2F)nc2scc(C3=CC=CCC3)n12. The van der Waals surface area contributed by atoms with Crippen molar-refractivity contribution in [2.24, 2.45) is 0 Å². The number of hydrogen-bond acceptors (Lipinski definition) is 3. The number of fused-ring (bicyclic) bond motifs is 1. The Morgan fingerprint density at radius 2 is 1.74 bits per heavy atom. The van der Waals surface area contributed by atoms with Gasteiger partial charge in [-0.05, 0) is 55.5 Å². The summed E-state index contributed by atoms with van der Waals surface area (Å²) in [5.41, 5.74) is 5.34. The van der Waals surface area contributed by atoms with Gasteiger partial charge < -0.3 is 5.32 Å². The Kier molecular flexibility index (Phi) is 4.94. The van der Waals surface area contributed by atoms with Gasteiger partial charge in [0, 0.05) is 11.1 Å². The van der Waals surface area contributed by atoms with Crippen molar-refractivity contribution in [1.29, 1.82) is 0 Å². The molecule has 0 radical (unpaired) electrons. The second-order valence-corrected chi connectivity index (χ2v) is 8.53. The Balaban J connectivity index is 1.80. The molecule has 0 atom stereocenters. The number of halogens is 2. The van der Waals surface area contributed by atoms with E-state index in [0.29, 0.717) is 10.8 Å². The fourth-order valence-corrected chi connectivity index (χ4v) is 4.96. The van der Waals surface area contributed by atoms with E-state index in [0.717, 1.165) is 35.3 Å². The van der Waals surface area contributed by atoms with E-state index < -0.39 is 11.6 Å². The maximum Gasteiger partial charge on any atom is 0.196 e. The summed E-state index contributed by atoms with van der Waals surface area (Å²) in [5.74, 6) is -0.684. The summed E-state index contributed by atoms with van der Waals surface area (Å²) in [6, 6.07) is 9.93. The number of aromatic nitrogens is 2. The highest BCUT2D eigenvalue weighted by Gasteiger charge is 2.25. The van der Waals surface area contributed by atoms with Crippen LogP contribution in [-0.2, 0) is 0 Å². The van der Waals surface area contributed by atoms with Crippen LogP contribution in [0.25, 0.3) is 21.8 Å². The molecule has 2 aromatic heterocycles. The normalized spacial score (nSPS) is 13.6. The smallest absolute Gasteiger partial charge is 0.196 e. The van der Waals surface area contributed by atoms with E-state index >= 15 is 0 Å². The van der Waals surface area contributed by atoms with Crippen LogP contribution in [-0.4, -0.2) is 9.38 Å². The molecule has 1 aliphatic carbocycles. The van der Waals surface area contributed by atoms with Crippen molar-refractivity contribution in [2.75, 3.05) is 5.32 Å². The molecule has 31 heavy (non-hydrogen) atoms. The van der Waals surface area contributed by atoms with Gasteiger partial charge in [-0.25, -0.2) is 13.8 Å². The van der Waals surface area contributed by atoms with Crippen LogP contribution >= 0.6 is 11.3 Å². The van der Waals surface area contributed by atoms with Crippen molar-refractivity contribution in [3.63, 3.8) is 0 Å². The molecule has 156 valence electrons. The lowest BCUT2D eigenvalue weighted by atomic mass is 10.0. The minimum absolute atomic E-state index is 0.115. The number of para-hydroxylation sites is 1. The highest BCUT2D eigenvalue weighted by atomic mass is 32.1. The van der Waals surface area contributed by atoms with Crippen LogP contribution in [0, 0.1) is 25.5 Å². The molecule has 0 amide bonds. The van der Waals surface area contributed by atoms with Gasteiger partial charge >= 0.3 is 0 Å². The first-order chi connectivity index (χ1) is 15.0. The van der Waals surface area contributed by atoms with Gasteiger partial charge in [-0.1, -0.05) is 42.5 Å². The molecule has 3 nitrogen and oxygen atoms in total. The zero-order valence-corrected chi connectivity index (χ0v) is 18.1. The van der Waals surface area contributed by atoms with Crippen molar-refractivity contribution in [3.05, 3.63) is 88.5 Å². The summed E-state index contributed by atoms with van der Waals surface area (Å²) >= 11 is 1.47. The second kappa shape index (κ2) is 7.78. The minimum atomic E-state index is -0.628. The van der Waals surface area contributed by atoms with Gasteiger partial charge in [-0.2, -0.15) is 0 Å². The Hall–Kier alpha value is -3.25. The van der Waals surface area contributed by atoms with Crippen LogP contribution in [0.1, 0.15) is 29.7 Å². The molecule has 0 unspecified atom stereocenters. The van der Waals surface area contributed by atoms with E-state index in [2.05, 4.69) is 33.9 Å². The topological polar surface area (TPSA) is 29.3 Å². The number of benzene rings is 2. The highest BCUT2D eigenvalue weighted by molar-refractivity contribution is 7.15. The maximum atomic E-state index is 14.8. The number of aryl methyl sites for hydroxylation is 2. The van der Waals surface area contributed by atoms with Gasteiger partial charge in [0.15, 0.2) is 4.96 Å². The van der Waals surface area contributed by atoms with Crippen LogP contribution < -0.4 is 5.32 Å². The molecule has 0 saturated carbocycles. The van der Waals surface area contributed by atoms with Gasteiger partial charge in [-0.15, -0.1) is 11.3 Å². The Morgan fingerprint density at radius 1 is 1.03 bits per heavy atom. The molecular weight excluding hydrogens is 412 g/mol. The van der Waals surface area contributed by atoms with E-state index in [1.165, 1.54) is 35.1 Å². The molecular formula is C25H21F2N3S. The molecule has 0 aliphatic heterocycles. The Morgan fingerprint density at radius 3 is 2.42 bits per heavy atom. The summed E-state index contributed by atoms with van der Waals surface area (Å²) in [6.07, 6.45) is 8.16. The van der Waals surface area contributed by atoms with Crippen LogP contribution in [0.2, 0.25) is 0 Å². The quantitative estimate of drug-likeness (QED) is 0.362. The Bertz CT molecular complexity index is 1320. The molecule has 6 heteroatoms. The molecule has 1 N–H and O–H groups in total. The third-order valence-corrected chi connectivity index (χ3v) is 6.46. The molecule has 0 fully saturated rings. The molecule has 2 aromatic carbocycles. The van der Waals surface area contributed by atoms with Crippen LogP contribution in [0.15, 0.2) is 60.0 Å². The molecule has 5 rings (SSSR count). The van der Waals surface area contributed by atoms with Crippen molar-refractivity contribution >= 4 is 33.4 Å². The van der Waals surface area contributed by atoms with E-state index in [9.17, 15) is 8.78 Å². The third kappa shape index (κ3) is 3.37. The number of allylic oxidation sites excluding steroid dienone is 4. The molecule has 0 bridgehead atoms. The highest BCUT2D eigenvalue weighted by Crippen LogP contribution is 2.40. The van der Waals surface area contributed by atoms with Crippen LogP contribution in [0.3, 0.4) is 0 Å². The van der Waals surface area contributed by atoms with E-state index in [-0.39, 0.29) is 11.3 Å². The van der Waals surface area contributed by atoms with Gasteiger partial charge in [-0.3, -0.25) is 4.40 Å². The fourth-order valence-electron chi connectivity index (χ4n) is 4.04. The van der Waals surface area contributed by atoms with E-state index in [1.807, 2.05) is 36.4 Å². The lowest BCUT2D eigenvalue weighted by Gasteiger charge is -2.16. The fraction of sp³-hybridized carbons (Fsp3) is 0.160. The predicted molar refractivity (Wildman–Crippen MR) is 124 cm³/mol. The number of rotatable bonds is 4. The minimum Gasteiger partial charge on any atom is -0.339 e. The monoisotopic (exact) mass is 433 g/mol. The van der Waals surface area contributed by atoms with Gasteiger partial charge in [0.2, 0.25) is 0 Å². The number of hydrogen-bond donors (Lipinski definition) is 1. The lowest BCUT2D eigenvalue weighted by Crippen LogP contribution is -2.03. The Labute approximate surface area is 183 Å². The molecule has 2 heterocycles. The van der Waals surface area contributed by atoms with Crippen molar-refractivity contribution in [1.82, 2.24) is 9.38 Å². The maximum absolute atomic E-state index is 14.8. The van der Waals surface area contributed by atoms with Crippen molar-refractivity contribution in [3.8, 4) is 11.3 Å². The molecule has 4 aromatic rings. The third-order valence-electron chi connectivity index (χ3n) is 5.63. The van der Waals surface area contributed by atoms with E-state index in [4.69, 9.17) is 0 Å². The summed E-state index contributed by atoms with van der Waals surface area (Å²) in [5, 5.41) is 5.54. The molecule has 0 spiro atoms. The van der Waals surface area contributed by atoms with Crippen LogP contribution in [0.4, 0.5) is 20.3 Å². The number of anilines is 2. The average Bonchev–Trinajstić information content (AvgIpc) is 3.31. The summed E-state index contributed by atoms with van der Waals surface area (Å²) in [4.78, 5) is 5.36. The number of nitrogens with zero attached hydrogens (tertiary/aromatic N) is 2. The first-order valence-electron chi connectivity index (χ1n) is 10.2. The number of nitrogens with one attached hydrogen (secondary N) is 1. The summed E-state index contributed by atoms with van der Waals surface area (Å²) < 4.78 is 31.5. The van der Waals surface area contributed by atoms with Crippen molar-refractivity contribution < 1.29 is 8.78 Å². The largest absolute Gasteiger partial charge is 0.339 e. The zero-order valence-electron chi connectivity index (χ0n) is 17.2. The zero-order chi connectivity index (χ0) is 21.5. The van der Waals surface area contributed by atoms with Crippen molar-refractivity contribution in [2.45, 2.75) is 26.7 Å². The standard InChI is InChI=1S/C25H21F2N3S/c1-15-8-6-9-16(2)22(15)28-24-23(21-18(26)12-7-13-19(21)27)29-25-30(24)20(14-31-25)17-10-4-3-5-11-17/h3-4,6-10,12-14,28H,5,11H2,1-2H3. The summed E-state index contributed by atoms with van der Waals surface area (Å²) in [7, 11) is 0. The van der Waals surface area contributed by atoms with Crippen LogP contribution in [0.5, 0.6) is 0 Å². The van der Waals surface area contributed by atoms with E-state index in [1.54, 1.807) is 0 Å². The van der Waals surface area contributed by atoms with Gasteiger partial charge in [0.25, 0.3) is 0 Å². The summed E-state index contributed by atoms with van der Waals surface area (Å²) in [6.45, 7) is 4.03. The molecule has 1 aliphatic rings. The second-order valence-electron chi connectivity index (χ2n) is 7.70. The first-order valence-corrected chi connectivity index (χ1v) is 11.1.